The van der Waals surface area contributed by atoms with Gasteiger partial charge in [-0.25, -0.2) is 0 Å². The third kappa shape index (κ3) is 320. The molecule has 0 aromatic carbocycles. The molecule has 0 unspecified atom stereocenters. The first-order valence-electron chi connectivity index (χ1n) is 3.38. The quantitative estimate of drug-likeness (QED) is 0.355. The number of rotatable bonds is 0. The summed E-state index contributed by atoms with van der Waals surface area (Å²) >= 11 is 8.19. The van der Waals surface area contributed by atoms with Crippen LogP contribution in [0, 0.1) is 0 Å². The average Bonchev–Trinajstić information content (AvgIpc) is 1.12. The highest BCUT2D eigenvalue weighted by Gasteiger charge is 2.04. The third-order valence-electron chi connectivity index (χ3n) is 0. The molecule has 0 N–H and O–H groups in total. The minimum absolute atomic E-state index is 0.641. The lowest BCUT2D eigenvalue weighted by molar-refractivity contribution is 1.87. The van der Waals surface area contributed by atoms with Crippen molar-refractivity contribution in [1.29, 1.82) is 0 Å². The summed E-state index contributed by atoms with van der Waals surface area (Å²) < 4.78 is 0. The molecule has 0 radical (unpaired) electrons. The summed E-state index contributed by atoms with van der Waals surface area (Å²) in [7, 11) is -1.14. The van der Waals surface area contributed by atoms with E-state index in [1.165, 1.54) is 0 Å². The summed E-state index contributed by atoms with van der Waals surface area (Å²) in [5.74, 6) is 0. The van der Waals surface area contributed by atoms with Crippen LogP contribution in [0.4, 0.5) is 0 Å². The molecular formula is C6H18ClISi2. The van der Waals surface area contributed by atoms with Crippen LogP contribution >= 0.6 is 32.9 Å². The molecule has 0 aliphatic rings. The van der Waals surface area contributed by atoms with Gasteiger partial charge >= 0.3 is 0 Å². The molecule has 0 bridgehead atoms. The maximum atomic E-state index is 5.67. The van der Waals surface area contributed by atoms with Crippen molar-refractivity contribution >= 4 is 45.8 Å². The summed E-state index contributed by atoms with van der Waals surface area (Å²) in [6, 6.07) is 0. The average molecular weight is 309 g/mol. The van der Waals surface area contributed by atoms with Crippen LogP contribution in [0.25, 0.3) is 0 Å². The Labute approximate surface area is 84.7 Å². The van der Waals surface area contributed by atoms with Crippen molar-refractivity contribution in [1.82, 2.24) is 0 Å². The maximum Gasteiger partial charge on any atom is 0.147 e. The van der Waals surface area contributed by atoms with Gasteiger partial charge in [0.05, 0.1) is 0 Å². The van der Waals surface area contributed by atoms with Crippen LogP contribution in [0.2, 0.25) is 39.3 Å². The van der Waals surface area contributed by atoms with Crippen LogP contribution in [-0.2, 0) is 0 Å². The molecule has 0 spiro atoms. The maximum absolute atomic E-state index is 5.67. The molecule has 0 aliphatic heterocycles. The van der Waals surface area contributed by atoms with Gasteiger partial charge in [0.25, 0.3) is 0 Å². The fraction of sp³-hybridized carbons (Fsp3) is 1.00. The van der Waals surface area contributed by atoms with Crippen molar-refractivity contribution in [2.75, 3.05) is 0 Å². The van der Waals surface area contributed by atoms with E-state index in [9.17, 15) is 0 Å². The van der Waals surface area contributed by atoms with Gasteiger partial charge in [-0.15, -0.1) is 21.8 Å². The van der Waals surface area contributed by atoms with Gasteiger partial charge < -0.3 is 0 Å². The molecule has 0 heterocycles. The Morgan fingerprint density at radius 3 is 0.900 bits per heavy atom. The number of hydrogen-bond donors (Lipinski definition) is 0. The topological polar surface area (TPSA) is 0 Å². The lowest BCUT2D eigenvalue weighted by Gasteiger charge is -1.98. The molecule has 10 heavy (non-hydrogen) atoms. The monoisotopic (exact) mass is 308 g/mol. The zero-order valence-corrected chi connectivity index (χ0v) is 12.7. The SMILES string of the molecule is C[Si](C)(C)Cl.C[Si](C)(C)I. The van der Waals surface area contributed by atoms with Crippen LogP contribution in [0.5, 0.6) is 0 Å². The predicted octanol–water partition coefficient (Wildman–Crippen LogP) is 4.32. The Hall–Kier alpha value is 1.45. The molecule has 0 fully saturated rings. The number of hydrogen-bond acceptors (Lipinski definition) is 0. The third-order valence-corrected chi connectivity index (χ3v) is 0. The van der Waals surface area contributed by atoms with Crippen molar-refractivity contribution < 1.29 is 0 Å². The molecule has 0 aromatic rings. The van der Waals surface area contributed by atoms with Gasteiger partial charge in [0, 0.05) is 0 Å². The van der Waals surface area contributed by atoms with E-state index in [1.807, 2.05) is 0 Å². The minimum atomic E-state index is -1.14. The molecule has 0 aromatic heterocycles. The number of halogens is 2. The van der Waals surface area contributed by atoms with E-state index in [2.05, 4.69) is 61.1 Å². The Balaban J connectivity index is 0. The standard InChI is InChI=1S/C3H9ClSi.C3H9ISi/c2*1-5(2,3)4/h2*1-3H3. The summed E-state index contributed by atoms with van der Waals surface area (Å²) in [4.78, 5) is 0. The van der Waals surface area contributed by atoms with Crippen molar-refractivity contribution in [3.05, 3.63) is 0 Å². The highest BCUT2D eigenvalue weighted by Crippen LogP contribution is 2.08. The lowest BCUT2D eigenvalue weighted by Crippen LogP contribution is -2.06. The van der Waals surface area contributed by atoms with Crippen molar-refractivity contribution in [3.8, 4) is 0 Å². The van der Waals surface area contributed by atoms with Crippen LogP contribution in [0.15, 0.2) is 0 Å². The van der Waals surface area contributed by atoms with Gasteiger partial charge in [0.15, 0.2) is 0 Å². The van der Waals surface area contributed by atoms with E-state index in [0.29, 0.717) is 0 Å². The molecule has 0 rings (SSSR count). The fourth-order valence-electron chi connectivity index (χ4n) is 0. The van der Waals surface area contributed by atoms with Crippen molar-refractivity contribution in [3.63, 3.8) is 0 Å². The minimum Gasteiger partial charge on any atom is -0.168 e. The second-order valence-corrected chi connectivity index (χ2v) is 25.5. The van der Waals surface area contributed by atoms with Crippen LogP contribution in [0.3, 0.4) is 0 Å². The first kappa shape index (κ1) is 14.0. The van der Waals surface area contributed by atoms with E-state index in [-0.39, 0.29) is 0 Å². The van der Waals surface area contributed by atoms with Gasteiger partial charge in [0.2, 0.25) is 0 Å². The lowest BCUT2D eigenvalue weighted by atomic mass is 11.8. The van der Waals surface area contributed by atoms with Gasteiger partial charge in [-0.05, 0) is 0 Å². The van der Waals surface area contributed by atoms with Crippen molar-refractivity contribution in [2.45, 2.75) is 39.3 Å². The Bertz CT molecular complexity index is 58.7. The van der Waals surface area contributed by atoms with Crippen LogP contribution in [0.1, 0.15) is 0 Å². The molecule has 4 heteroatoms. The summed E-state index contributed by atoms with van der Waals surface area (Å²) in [6.07, 6.45) is 0. The van der Waals surface area contributed by atoms with E-state index in [4.69, 9.17) is 11.1 Å². The van der Waals surface area contributed by atoms with Crippen LogP contribution < -0.4 is 0 Å². The molecular weight excluding hydrogens is 291 g/mol. The van der Waals surface area contributed by atoms with Gasteiger partial charge in [0.1, 0.15) is 13.0 Å². The predicted molar refractivity (Wildman–Crippen MR) is 66.6 cm³/mol. The highest BCUT2D eigenvalue weighted by molar-refractivity contribution is 14.1. The van der Waals surface area contributed by atoms with E-state index < -0.39 is 13.0 Å². The molecule has 0 amide bonds. The second kappa shape index (κ2) is 5.16. The zero-order valence-electron chi connectivity index (χ0n) is 7.76. The Morgan fingerprint density at radius 2 is 0.900 bits per heavy atom. The molecule has 64 valence electrons. The molecule has 0 saturated heterocycles. The van der Waals surface area contributed by atoms with E-state index in [1.54, 1.807) is 0 Å². The second-order valence-electron chi connectivity index (χ2n) is 4.13. The zero-order chi connectivity index (χ0) is 9.00. The normalized spacial score (nSPS) is 12.0. The first-order valence-corrected chi connectivity index (χ1v) is 14.5. The molecule has 0 nitrogen and oxygen atoms in total. The highest BCUT2D eigenvalue weighted by atomic mass is 127. The van der Waals surface area contributed by atoms with Gasteiger partial charge in [-0.1, -0.05) is 39.3 Å². The fourth-order valence-corrected chi connectivity index (χ4v) is 0. The van der Waals surface area contributed by atoms with Gasteiger partial charge in [-0.2, -0.15) is 11.1 Å². The van der Waals surface area contributed by atoms with Crippen molar-refractivity contribution in [2.24, 2.45) is 0 Å². The molecule has 0 saturated carbocycles. The largest absolute Gasteiger partial charge is 0.168 e. The summed E-state index contributed by atoms with van der Waals surface area (Å²) in [6.45, 7) is 13.2. The first-order chi connectivity index (χ1) is 4.00. The van der Waals surface area contributed by atoms with Gasteiger partial charge in [-0.3, -0.25) is 0 Å². The molecule has 0 atom stereocenters. The summed E-state index contributed by atoms with van der Waals surface area (Å²) in [5, 5.41) is 0. The van der Waals surface area contributed by atoms with E-state index >= 15 is 0 Å². The molecule has 0 aliphatic carbocycles. The Morgan fingerprint density at radius 1 is 0.900 bits per heavy atom. The summed E-state index contributed by atoms with van der Waals surface area (Å²) in [5.41, 5.74) is -0.641. The smallest absolute Gasteiger partial charge is 0.147 e. The van der Waals surface area contributed by atoms with Crippen LogP contribution in [-0.4, -0.2) is 13.0 Å². The van der Waals surface area contributed by atoms with E-state index in [0.717, 1.165) is 0 Å². The Kier molecular flexibility index (Phi) is 7.23.